The van der Waals surface area contributed by atoms with Gasteiger partial charge in [0.15, 0.2) is 0 Å². The molecule has 8 aromatic carbocycles. The van der Waals surface area contributed by atoms with Crippen LogP contribution < -0.4 is 0 Å². The fourth-order valence-corrected chi connectivity index (χ4v) is 10.3. The Balaban J connectivity index is 1.17. The standard InChI is InChI=1S/C56H44O/c1-54(2)48-20-12-9-17-41(48)43-29-25-37(31-50(43)54)46-32-40(33-47-45-19-11-14-22-52(45)57-53(46)47)56(5,38-26-23-36(24-27-38)35-15-7-6-8-16-35)39-28-30-44-42-18-10-13-21-49(42)55(3,4)51(44)34-39/h6-34H,1-5H3. The van der Waals surface area contributed by atoms with E-state index in [1.165, 1.54) is 77.9 Å². The first-order chi connectivity index (χ1) is 27.6. The van der Waals surface area contributed by atoms with Crippen molar-refractivity contribution < 1.29 is 4.42 Å². The number of hydrogen-bond acceptors (Lipinski definition) is 1. The second-order valence-electron chi connectivity index (χ2n) is 17.4. The van der Waals surface area contributed by atoms with E-state index in [1.807, 2.05) is 0 Å². The molecule has 57 heavy (non-hydrogen) atoms. The summed E-state index contributed by atoms with van der Waals surface area (Å²) >= 11 is 0. The molecule has 11 rings (SSSR count). The van der Waals surface area contributed by atoms with Gasteiger partial charge < -0.3 is 4.42 Å². The Labute approximate surface area is 335 Å². The van der Waals surface area contributed by atoms with Crippen LogP contribution in [0.1, 0.15) is 73.6 Å². The fourth-order valence-electron chi connectivity index (χ4n) is 10.3. The van der Waals surface area contributed by atoms with E-state index in [2.05, 4.69) is 211 Å². The van der Waals surface area contributed by atoms with Crippen molar-refractivity contribution in [1.82, 2.24) is 0 Å². The van der Waals surface area contributed by atoms with Gasteiger partial charge in [-0.25, -0.2) is 0 Å². The molecule has 0 spiro atoms. The minimum Gasteiger partial charge on any atom is -0.455 e. The van der Waals surface area contributed by atoms with Gasteiger partial charge >= 0.3 is 0 Å². The van der Waals surface area contributed by atoms with Crippen molar-refractivity contribution in [2.75, 3.05) is 0 Å². The zero-order valence-corrected chi connectivity index (χ0v) is 33.2. The maximum absolute atomic E-state index is 6.84. The molecule has 0 amide bonds. The second kappa shape index (κ2) is 12.0. The zero-order valence-electron chi connectivity index (χ0n) is 33.2. The van der Waals surface area contributed by atoms with E-state index in [4.69, 9.17) is 4.42 Å². The molecule has 9 aromatic rings. The average Bonchev–Trinajstić information content (AvgIpc) is 3.83. The maximum atomic E-state index is 6.84. The Morgan fingerprint density at radius 3 is 1.60 bits per heavy atom. The highest BCUT2D eigenvalue weighted by molar-refractivity contribution is 6.10. The first-order valence-corrected chi connectivity index (χ1v) is 20.3. The summed E-state index contributed by atoms with van der Waals surface area (Å²) in [6, 6.07) is 65.5. The number of benzene rings is 8. The van der Waals surface area contributed by atoms with E-state index in [0.717, 1.165) is 27.5 Å². The molecule has 2 aliphatic carbocycles. The van der Waals surface area contributed by atoms with Crippen LogP contribution in [0, 0.1) is 0 Å². The second-order valence-corrected chi connectivity index (χ2v) is 17.4. The summed E-state index contributed by atoms with van der Waals surface area (Å²) < 4.78 is 6.84. The Bertz CT molecular complexity index is 3070. The molecular formula is C56H44O. The zero-order chi connectivity index (χ0) is 38.7. The van der Waals surface area contributed by atoms with Gasteiger partial charge in [-0.1, -0.05) is 179 Å². The van der Waals surface area contributed by atoms with Crippen molar-refractivity contribution in [3.63, 3.8) is 0 Å². The lowest BCUT2D eigenvalue weighted by Gasteiger charge is -2.34. The van der Waals surface area contributed by atoms with Gasteiger partial charge in [-0.3, -0.25) is 0 Å². The Morgan fingerprint density at radius 1 is 0.368 bits per heavy atom. The Morgan fingerprint density at radius 2 is 0.895 bits per heavy atom. The van der Waals surface area contributed by atoms with Crippen LogP contribution in [0.4, 0.5) is 0 Å². The Hall–Kier alpha value is -6.44. The molecule has 0 radical (unpaired) electrons. The highest BCUT2D eigenvalue weighted by atomic mass is 16.3. The monoisotopic (exact) mass is 732 g/mol. The SMILES string of the molecule is CC1(C)c2ccccc2-c2ccc(-c3cc(C(C)(c4ccc(-c5ccccc5)cc4)c4ccc5c(c4)C(C)(C)c4ccccc4-5)cc4c3oc3ccccc34)cc21. The summed E-state index contributed by atoms with van der Waals surface area (Å²) in [4.78, 5) is 0. The van der Waals surface area contributed by atoms with Gasteiger partial charge in [0.1, 0.15) is 11.2 Å². The van der Waals surface area contributed by atoms with E-state index in [0.29, 0.717) is 0 Å². The van der Waals surface area contributed by atoms with Gasteiger partial charge in [0.2, 0.25) is 0 Å². The van der Waals surface area contributed by atoms with E-state index in [-0.39, 0.29) is 10.8 Å². The molecule has 0 saturated heterocycles. The van der Waals surface area contributed by atoms with Gasteiger partial charge in [-0.2, -0.15) is 0 Å². The molecule has 0 bridgehead atoms. The largest absolute Gasteiger partial charge is 0.455 e. The van der Waals surface area contributed by atoms with Crippen molar-refractivity contribution in [1.29, 1.82) is 0 Å². The number of fused-ring (bicyclic) bond motifs is 9. The fraction of sp³-hybridized carbons (Fsp3) is 0.143. The van der Waals surface area contributed by atoms with Crippen molar-refractivity contribution in [3.8, 4) is 44.5 Å². The van der Waals surface area contributed by atoms with Gasteiger partial charge in [-0.15, -0.1) is 0 Å². The molecule has 0 saturated carbocycles. The molecule has 1 heterocycles. The van der Waals surface area contributed by atoms with Crippen LogP contribution in [0.15, 0.2) is 180 Å². The summed E-state index contributed by atoms with van der Waals surface area (Å²) in [6.07, 6.45) is 0. The highest BCUT2D eigenvalue weighted by Crippen LogP contribution is 2.53. The third-order valence-corrected chi connectivity index (χ3v) is 13.7. The van der Waals surface area contributed by atoms with Crippen LogP contribution in [-0.4, -0.2) is 0 Å². The minimum atomic E-state index is -0.511. The summed E-state index contributed by atoms with van der Waals surface area (Å²) in [5.41, 5.74) is 20.4. The third kappa shape index (κ3) is 4.82. The van der Waals surface area contributed by atoms with E-state index < -0.39 is 5.41 Å². The Kier molecular flexibility index (Phi) is 7.15. The first kappa shape index (κ1) is 33.9. The molecule has 0 N–H and O–H groups in total. The number of rotatable bonds is 5. The van der Waals surface area contributed by atoms with Crippen molar-refractivity contribution in [3.05, 3.63) is 215 Å². The summed E-state index contributed by atoms with van der Waals surface area (Å²) in [5.74, 6) is 0. The molecule has 1 atom stereocenters. The minimum absolute atomic E-state index is 0.115. The quantitative estimate of drug-likeness (QED) is 0.161. The average molecular weight is 733 g/mol. The summed E-state index contributed by atoms with van der Waals surface area (Å²) in [6.45, 7) is 11.9. The number of para-hydroxylation sites is 1. The molecule has 1 aromatic heterocycles. The molecule has 0 fully saturated rings. The first-order valence-electron chi connectivity index (χ1n) is 20.3. The van der Waals surface area contributed by atoms with Crippen LogP contribution in [0.3, 0.4) is 0 Å². The summed E-state index contributed by atoms with van der Waals surface area (Å²) in [5, 5.41) is 2.28. The van der Waals surface area contributed by atoms with Crippen molar-refractivity contribution in [2.24, 2.45) is 0 Å². The lowest BCUT2D eigenvalue weighted by atomic mass is 9.68. The van der Waals surface area contributed by atoms with Crippen molar-refractivity contribution >= 4 is 21.9 Å². The van der Waals surface area contributed by atoms with Gasteiger partial charge in [0, 0.05) is 32.6 Å². The van der Waals surface area contributed by atoms with Crippen molar-refractivity contribution in [2.45, 2.75) is 50.9 Å². The molecule has 1 unspecified atom stereocenters. The molecule has 0 aliphatic heterocycles. The lowest BCUT2D eigenvalue weighted by molar-refractivity contribution is 0.648. The normalized spacial score (nSPS) is 15.5. The predicted octanol–water partition coefficient (Wildman–Crippen LogP) is 14.9. The van der Waals surface area contributed by atoms with Gasteiger partial charge in [0.05, 0.1) is 0 Å². The van der Waals surface area contributed by atoms with Crippen LogP contribution in [0.25, 0.3) is 66.4 Å². The molecule has 274 valence electrons. The summed E-state index contributed by atoms with van der Waals surface area (Å²) in [7, 11) is 0. The van der Waals surface area contributed by atoms with E-state index >= 15 is 0 Å². The van der Waals surface area contributed by atoms with E-state index in [9.17, 15) is 0 Å². The van der Waals surface area contributed by atoms with Crippen LogP contribution in [0.5, 0.6) is 0 Å². The van der Waals surface area contributed by atoms with Crippen LogP contribution in [0.2, 0.25) is 0 Å². The lowest BCUT2D eigenvalue weighted by Crippen LogP contribution is -2.26. The van der Waals surface area contributed by atoms with Crippen LogP contribution >= 0.6 is 0 Å². The predicted molar refractivity (Wildman–Crippen MR) is 238 cm³/mol. The molecule has 1 heteroatoms. The van der Waals surface area contributed by atoms with Gasteiger partial charge in [-0.05, 0) is 109 Å². The van der Waals surface area contributed by atoms with E-state index in [1.54, 1.807) is 0 Å². The topological polar surface area (TPSA) is 13.1 Å². The third-order valence-electron chi connectivity index (χ3n) is 13.7. The number of hydrogen-bond donors (Lipinski definition) is 0. The smallest absolute Gasteiger partial charge is 0.143 e. The van der Waals surface area contributed by atoms with Crippen LogP contribution in [-0.2, 0) is 16.2 Å². The highest BCUT2D eigenvalue weighted by Gasteiger charge is 2.40. The van der Waals surface area contributed by atoms with Gasteiger partial charge in [0.25, 0.3) is 0 Å². The maximum Gasteiger partial charge on any atom is 0.143 e. The number of furan rings is 1. The molecule has 1 nitrogen and oxygen atoms in total. The molecule has 2 aliphatic rings. The molecular weight excluding hydrogens is 689 g/mol.